The summed E-state index contributed by atoms with van der Waals surface area (Å²) in [6.45, 7) is 3.38. The summed E-state index contributed by atoms with van der Waals surface area (Å²) in [7, 11) is 1.68. The number of hydrogen-bond acceptors (Lipinski definition) is 5. The molecule has 0 saturated carbocycles. The standard InChI is InChI=1S/C22H23N3O2S/c1-15-21(28-14-23-15)22(26)25-12-6-7-16(13-25)18-9-5-10-19(24-18)17-8-3-4-11-20(17)27-2/h3-5,8-11,14,16H,6-7,12-13H2,1-2H3. The van der Waals surface area contributed by atoms with E-state index < -0.39 is 0 Å². The predicted molar refractivity (Wildman–Crippen MR) is 111 cm³/mol. The van der Waals surface area contributed by atoms with Crippen molar-refractivity contribution in [1.29, 1.82) is 0 Å². The molecule has 0 bridgehead atoms. The summed E-state index contributed by atoms with van der Waals surface area (Å²) in [5, 5.41) is 0. The molecule has 0 N–H and O–H groups in total. The van der Waals surface area contributed by atoms with Gasteiger partial charge in [0.1, 0.15) is 10.6 Å². The smallest absolute Gasteiger partial charge is 0.265 e. The van der Waals surface area contributed by atoms with Crippen LogP contribution in [0.25, 0.3) is 11.3 Å². The molecule has 1 aromatic carbocycles. The third-order valence-corrected chi connectivity index (χ3v) is 6.14. The van der Waals surface area contributed by atoms with Crippen molar-refractivity contribution in [3.05, 3.63) is 64.2 Å². The number of carbonyl (C=O) groups is 1. The number of nitrogens with zero attached hydrogens (tertiary/aromatic N) is 3. The van der Waals surface area contributed by atoms with Crippen LogP contribution in [0, 0.1) is 6.92 Å². The minimum absolute atomic E-state index is 0.0885. The van der Waals surface area contributed by atoms with E-state index in [9.17, 15) is 4.79 Å². The molecular formula is C22H23N3O2S. The molecule has 2 aromatic heterocycles. The maximum Gasteiger partial charge on any atom is 0.265 e. The van der Waals surface area contributed by atoms with Crippen molar-refractivity contribution >= 4 is 17.2 Å². The minimum atomic E-state index is 0.0885. The van der Waals surface area contributed by atoms with E-state index >= 15 is 0 Å². The van der Waals surface area contributed by atoms with Crippen LogP contribution in [0.3, 0.4) is 0 Å². The second-order valence-corrected chi connectivity index (χ2v) is 7.86. The number of pyridine rings is 1. The Morgan fingerprint density at radius 1 is 1.21 bits per heavy atom. The number of methoxy groups -OCH3 is 1. The third kappa shape index (κ3) is 3.64. The average molecular weight is 394 g/mol. The maximum atomic E-state index is 12.9. The number of aryl methyl sites for hydroxylation is 1. The van der Waals surface area contributed by atoms with Crippen LogP contribution in [-0.2, 0) is 0 Å². The molecule has 1 saturated heterocycles. The number of amides is 1. The Bertz CT molecular complexity index is 985. The quantitative estimate of drug-likeness (QED) is 0.653. The minimum Gasteiger partial charge on any atom is -0.496 e. The molecule has 1 unspecified atom stereocenters. The molecule has 1 aliphatic rings. The van der Waals surface area contributed by atoms with Crippen LogP contribution in [0.15, 0.2) is 48.0 Å². The first-order valence-electron chi connectivity index (χ1n) is 9.47. The van der Waals surface area contributed by atoms with Crippen molar-refractivity contribution in [1.82, 2.24) is 14.9 Å². The number of thiazole rings is 1. The topological polar surface area (TPSA) is 55.3 Å². The van der Waals surface area contributed by atoms with E-state index in [1.165, 1.54) is 11.3 Å². The van der Waals surface area contributed by atoms with E-state index in [0.717, 1.165) is 52.7 Å². The Hall–Kier alpha value is -2.73. The largest absolute Gasteiger partial charge is 0.496 e. The zero-order valence-electron chi connectivity index (χ0n) is 16.1. The molecule has 0 aliphatic carbocycles. The van der Waals surface area contributed by atoms with E-state index in [1.807, 2.05) is 48.2 Å². The zero-order valence-corrected chi connectivity index (χ0v) is 16.9. The summed E-state index contributed by atoms with van der Waals surface area (Å²) in [4.78, 5) is 24.7. The van der Waals surface area contributed by atoms with Gasteiger partial charge in [-0.1, -0.05) is 18.2 Å². The summed E-state index contributed by atoms with van der Waals surface area (Å²) in [6, 6.07) is 14.0. The van der Waals surface area contributed by atoms with Crippen LogP contribution >= 0.6 is 11.3 Å². The summed E-state index contributed by atoms with van der Waals surface area (Å²) in [5.74, 6) is 1.14. The van der Waals surface area contributed by atoms with Crippen molar-refractivity contribution in [2.75, 3.05) is 20.2 Å². The number of benzene rings is 1. The van der Waals surface area contributed by atoms with Gasteiger partial charge in [0.15, 0.2) is 0 Å². The van der Waals surface area contributed by atoms with E-state index in [4.69, 9.17) is 9.72 Å². The van der Waals surface area contributed by atoms with Crippen LogP contribution in [0.1, 0.15) is 39.8 Å². The summed E-state index contributed by atoms with van der Waals surface area (Å²) in [6.07, 6.45) is 2.02. The van der Waals surface area contributed by atoms with Crippen molar-refractivity contribution in [3.63, 3.8) is 0 Å². The number of para-hydroxylation sites is 1. The van der Waals surface area contributed by atoms with E-state index in [0.29, 0.717) is 6.54 Å². The first-order chi connectivity index (χ1) is 13.7. The maximum absolute atomic E-state index is 12.9. The Balaban J connectivity index is 1.58. The second-order valence-electron chi connectivity index (χ2n) is 7.01. The number of ether oxygens (including phenoxy) is 1. The summed E-state index contributed by atoms with van der Waals surface area (Å²) < 4.78 is 5.49. The van der Waals surface area contributed by atoms with Gasteiger partial charge >= 0.3 is 0 Å². The highest BCUT2D eigenvalue weighted by molar-refractivity contribution is 7.11. The fourth-order valence-electron chi connectivity index (χ4n) is 3.74. The zero-order chi connectivity index (χ0) is 19.5. The molecular weight excluding hydrogens is 370 g/mol. The monoisotopic (exact) mass is 393 g/mol. The van der Waals surface area contributed by atoms with Gasteiger partial charge in [0.25, 0.3) is 5.91 Å². The van der Waals surface area contributed by atoms with Crippen LogP contribution < -0.4 is 4.74 Å². The van der Waals surface area contributed by atoms with Gasteiger partial charge in [-0.2, -0.15) is 0 Å². The fraction of sp³-hybridized carbons (Fsp3) is 0.318. The molecule has 4 rings (SSSR count). The highest BCUT2D eigenvalue weighted by Gasteiger charge is 2.28. The van der Waals surface area contributed by atoms with Crippen molar-refractivity contribution < 1.29 is 9.53 Å². The van der Waals surface area contributed by atoms with Gasteiger partial charge in [-0.3, -0.25) is 9.78 Å². The van der Waals surface area contributed by atoms with Gasteiger partial charge in [-0.05, 0) is 44.0 Å². The lowest BCUT2D eigenvalue weighted by molar-refractivity contribution is 0.0710. The van der Waals surface area contributed by atoms with Gasteiger partial charge in [-0.25, -0.2) is 4.98 Å². The number of hydrogen-bond donors (Lipinski definition) is 0. The van der Waals surface area contributed by atoms with Crippen LogP contribution in [0.2, 0.25) is 0 Å². The molecule has 28 heavy (non-hydrogen) atoms. The third-order valence-electron chi connectivity index (χ3n) is 5.22. The Kier molecular flexibility index (Phi) is 5.39. The van der Waals surface area contributed by atoms with Crippen LogP contribution in [0.4, 0.5) is 0 Å². The summed E-state index contributed by atoms with van der Waals surface area (Å²) >= 11 is 1.42. The average Bonchev–Trinajstić information content (AvgIpc) is 3.19. The molecule has 0 spiro atoms. The van der Waals surface area contributed by atoms with Crippen molar-refractivity contribution in [2.45, 2.75) is 25.7 Å². The number of piperidine rings is 1. The Labute approximate surface area is 169 Å². The molecule has 144 valence electrons. The van der Waals surface area contributed by atoms with E-state index in [1.54, 1.807) is 12.6 Å². The highest BCUT2D eigenvalue weighted by atomic mass is 32.1. The van der Waals surface area contributed by atoms with Gasteiger partial charge in [-0.15, -0.1) is 11.3 Å². The lowest BCUT2D eigenvalue weighted by atomic mass is 9.93. The number of rotatable bonds is 4. The molecule has 1 fully saturated rings. The normalized spacial score (nSPS) is 16.8. The first kappa shape index (κ1) is 18.6. The molecule has 1 amide bonds. The molecule has 3 aromatic rings. The predicted octanol–water partition coefficient (Wildman–Crippen LogP) is 4.54. The fourth-order valence-corrected chi connectivity index (χ4v) is 4.51. The SMILES string of the molecule is COc1ccccc1-c1cccc(C2CCCN(C(=O)c3scnc3C)C2)n1. The molecule has 1 aliphatic heterocycles. The van der Waals surface area contributed by atoms with Crippen LogP contribution in [0.5, 0.6) is 5.75 Å². The molecule has 5 nitrogen and oxygen atoms in total. The number of likely N-dealkylation sites (tertiary alicyclic amines) is 1. The lowest BCUT2D eigenvalue weighted by Gasteiger charge is -2.32. The van der Waals surface area contributed by atoms with E-state index in [2.05, 4.69) is 11.1 Å². The van der Waals surface area contributed by atoms with Gasteiger partial charge < -0.3 is 9.64 Å². The van der Waals surface area contributed by atoms with Gasteiger partial charge in [0.2, 0.25) is 0 Å². The first-order valence-corrected chi connectivity index (χ1v) is 10.3. The summed E-state index contributed by atoms with van der Waals surface area (Å²) in [5.41, 5.74) is 5.46. The number of carbonyl (C=O) groups excluding carboxylic acids is 1. The second kappa shape index (κ2) is 8.10. The Morgan fingerprint density at radius 2 is 2.07 bits per heavy atom. The Morgan fingerprint density at radius 3 is 2.86 bits per heavy atom. The van der Waals surface area contributed by atoms with Crippen LogP contribution in [-0.4, -0.2) is 41.0 Å². The van der Waals surface area contributed by atoms with Crippen molar-refractivity contribution in [3.8, 4) is 17.0 Å². The molecule has 6 heteroatoms. The molecule has 0 radical (unpaired) electrons. The lowest BCUT2D eigenvalue weighted by Crippen LogP contribution is -2.39. The number of aromatic nitrogens is 2. The van der Waals surface area contributed by atoms with E-state index in [-0.39, 0.29) is 11.8 Å². The highest BCUT2D eigenvalue weighted by Crippen LogP contribution is 2.32. The molecule has 1 atom stereocenters. The van der Waals surface area contributed by atoms with Crippen molar-refractivity contribution in [2.24, 2.45) is 0 Å². The molecule has 3 heterocycles. The van der Waals surface area contributed by atoms with Gasteiger partial charge in [0.05, 0.1) is 24.0 Å². The van der Waals surface area contributed by atoms with Gasteiger partial charge in [0, 0.05) is 30.3 Å².